The summed E-state index contributed by atoms with van der Waals surface area (Å²) in [6.07, 6.45) is 5.16. The van der Waals surface area contributed by atoms with Crippen LogP contribution in [-0.2, 0) is 12.8 Å². The molecule has 0 aliphatic carbocycles. The Kier molecular flexibility index (Phi) is 7.71. The third-order valence-corrected chi connectivity index (χ3v) is 3.69. The molecule has 0 fully saturated rings. The summed E-state index contributed by atoms with van der Waals surface area (Å²) in [5.74, 6) is -1.07. The maximum Gasteiger partial charge on any atom is 0.511 e. The summed E-state index contributed by atoms with van der Waals surface area (Å²) >= 11 is 0. The van der Waals surface area contributed by atoms with E-state index in [0.717, 1.165) is 44.6 Å². The van der Waals surface area contributed by atoms with Crippen molar-refractivity contribution in [1.29, 1.82) is 0 Å². The summed E-state index contributed by atoms with van der Waals surface area (Å²) in [5, 5.41) is 18.9. The summed E-state index contributed by atoms with van der Waals surface area (Å²) in [6, 6.07) is 0.966. The van der Waals surface area contributed by atoms with Gasteiger partial charge in [0.05, 0.1) is 0 Å². The van der Waals surface area contributed by atoms with E-state index in [-0.39, 0.29) is 11.5 Å². The fourth-order valence-corrected chi connectivity index (χ4v) is 2.52. The zero-order chi connectivity index (χ0) is 16.5. The van der Waals surface area contributed by atoms with Crippen LogP contribution < -0.4 is 4.74 Å². The largest absolute Gasteiger partial charge is 0.511 e. The van der Waals surface area contributed by atoms with E-state index >= 15 is 0 Å². The highest BCUT2D eigenvalue weighted by Crippen LogP contribution is 2.36. The lowest BCUT2D eigenvalue weighted by Gasteiger charge is -2.15. The number of halogens is 1. The second kappa shape index (κ2) is 9.28. The summed E-state index contributed by atoms with van der Waals surface area (Å²) in [5.41, 5.74) is 0.973. The molecule has 0 spiro atoms. The van der Waals surface area contributed by atoms with E-state index in [0.29, 0.717) is 24.0 Å². The molecule has 0 atom stereocenters. The molecule has 0 radical (unpaired) electrons. The first-order valence-electron chi connectivity index (χ1n) is 7.95. The number of phenolic OH excluding ortho intramolecular Hbond substituents is 1. The Labute approximate surface area is 130 Å². The minimum atomic E-state index is -1.56. The molecule has 22 heavy (non-hydrogen) atoms. The number of carboxylic acid groups (broad SMARTS) is 1. The van der Waals surface area contributed by atoms with E-state index in [1.54, 1.807) is 0 Å². The fraction of sp³-hybridized carbons (Fsp3) is 0.588. The maximum atomic E-state index is 14.3. The van der Waals surface area contributed by atoms with E-state index < -0.39 is 12.0 Å². The number of aromatic hydroxyl groups is 1. The van der Waals surface area contributed by atoms with Gasteiger partial charge in [-0.1, -0.05) is 39.5 Å². The number of unbranched alkanes of at least 4 members (excludes halogenated alkanes) is 4. The minimum absolute atomic E-state index is 0.244. The Morgan fingerprint density at radius 3 is 2.14 bits per heavy atom. The van der Waals surface area contributed by atoms with E-state index in [2.05, 4.69) is 18.6 Å². The molecule has 5 heteroatoms. The van der Waals surface area contributed by atoms with Crippen molar-refractivity contribution in [2.75, 3.05) is 0 Å². The number of hydrogen-bond donors (Lipinski definition) is 2. The number of phenols is 1. The van der Waals surface area contributed by atoms with Crippen LogP contribution in [-0.4, -0.2) is 16.4 Å². The van der Waals surface area contributed by atoms with Gasteiger partial charge >= 0.3 is 6.16 Å². The van der Waals surface area contributed by atoms with Crippen LogP contribution in [0.3, 0.4) is 0 Å². The highest BCUT2D eigenvalue weighted by Gasteiger charge is 2.20. The van der Waals surface area contributed by atoms with Gasteiger partial charge in [-0.3, -0.25) is 0 Å². The highest BCUT2D eigenvalue weighted by molar-refractivity contribution is 5.64. The van der Waals surface area contributed by atoms with Gasteiger partial charge in [0.1, 0.15) is 5.82 Å². The fourth-order valence-electron chi connectivity index (χ4n) is 2.52. The monoisotopic (exact) mass is 312 g/mol. The second-order valence-electron chi connectivity index (χ2n) is 5.44. The van der Waals surface area contributed by atoms with Gasteiger partial charge in [0.15, 0.2) is 11.5 Å². The molecule has 2 N–H and O–H groups in total. The van der Waals surface area contributed by atoms with E-state index in [9.17, 15) is 14.3 Å². The van der Waals surface area contributed by atoms with Gasteiger partial charge in [-0.15, -0.1) is 0 Å². The zero-order valence-corrected chi connectivity index (χ0v) is 13.3. The molecule has 0 aliphatic rings. The molecule has 0 unspecified atom stereocenters. The van der Waals surface area contributed by atoms with Crippen molar-refractivity contribution in [1.82, 2.24) is 0 Å². The molecule has 1 aromatic rings. The third-order valence-electron chi connectivity index (χ3n) is 3.69. The van der Waals surface area contributed by atoms with Crippen LogP contribution in [0.5, 0.6) is 11.5 Å². The van der Waals surface area contributed by atoms with Gasteiger partial charge in [0.2, 0.25) is 0 Å². The Morgan fingerprint density at radius 1 is 1.09 bits per heavy atom. The first-order chi connectivity index (χ1) is 10.5. The van der Waals surface area contributed by atoms with E-state index in [1.165, 1.54) is 0 Å². The molecule has 0 bridgehead atoms. The van der Waals surface area contributed by atoms with Crippen molar-refractivity contribution in [3.8, 4) is 11.5 Å². The topological polar surface area (TPSA) is 66.8 Å². The van der Waals surface area contributed by atoms with Gasteiger partial charge in [-0.2, -0.15) is 0 Å². The number of carbonyl (C=O) groups is 1. The van der Waals surface area contributed by atoms with Crippen molar-refractivity contribution in [2.45, 2.75) is 65.2 Å². The number of hydrogen-bond acceptors (Lipinski definition) is 3. The second-order valence-corrected chi connectivity index (χ2v) is 5.44. The molecule has 0 aromatic heterocycles. The Morgan fingerprint density at radius 2 is 1.64 bits per heavy atom. The van der Waals surface area contributed by atoms with Crippen LogP contribution in [0.1, 0.15) is 63.5 Å². The van der Waals surface area contributed by atoms with Gasteiger partial charge < -0.3 is 14.9 Å². The smallest absolute Gasteiger partial charge is 0.504 e. The molecule has 0 aliphatic heterocycles. The third kappa shape index (κ3) is 5.20. The SMILES string of the molecule is CCCCCc1c(F)cc(OC(=O)O)c(O)c1CCCCC. The van der Waals surface area contributed by atoms with Gasteiger partial charge in [-0.05, 0) is 31.2 Å². The predicted molar refractivity (Wildman–Crippen MR) is 83.2 cm³/mol. The molecule has 1 aromatic carbocycles. The molecule has 0 amide bonds. The maximum absolute atomic E-state index is 14.3. The van der Waals surface area contributed by atoms with Gasteiger partial charge in [0, 0.05) is 11.6 Å². The summed E-state index contributed by atoms with van der Waals surface area (Å²) in [7, 11) is 0. The zero-order valence-electron chi connectivity index (χ0n) is 13.3. The van der Waals surface area contributed by atoms with E-state index in [1.807, 2.05) is 0 Å². The van der Waals surface area contributed by atoms with Crippen LogP contribution in [0.2, 0.25) is 0 Å². The lowest BCUT2D eigenvalue weighted by molar-refractivity contribution is 0.142. The first-order valence-corrected chi connectivity index (χ1v) is 7.95. The van der Waals surface area contributed by atoms with Crippen molar-refractivity contribution in [2.24, 2.45) is 0 Å². The average Bonchev–Trinajstić information content (AvgIpc) is 2.46. The minimum Gasteiger partial charge on any atom is -0.504 e. The highest BCUT2D eigenvalue weighted by atomic mass is 19.1. The van der Waals surface area contributed by atoms with Gasteiger partial charge in [0.25, 0.3) is 0 Å². The van der Waals surface area contributed by atoms with Crippen molar-refractivity contribution < 1.29 is 24.1 Å². The van der Waals surface area contributed by atoms with Crippen LogP contribution in [0.4, 0.5) is 9.18 Å². The van der Waals surface area contributed by atoms with Gasteiger partial charge in [-0.25, -0.2) is 9.18 Å². The van der Waals surface area contributed by atoms with Crippen LogP contribution in [0, 0.1) is 5.82 Å². The number of rotatable bonds is 9. The molecule has 124 valence electrons. The number of ether oxygens (including phenoxy) is 1. The lowest BCUT2D eigenvalue weighted by atomic mass is 9.95. The quantitative estimate of drug-likeness (QED) is 0.380. The predicted octanol–water partition coefficient (Wildman–Crippen LogP) is 5.05. The van der Waals surface area contributed by atoms with Crippen molar-refractivity contribution in [3.63, 3.8) is 0 Å². The Hall–Kier alpha value is -1.78. The summed E-state index contributed by atoms with van der Waals surface area (Å²) < 4.78 is 18.8. The molecule has 4 nitrogen and oxygen atoms in total. The molecule has 0 saturated heterocycles. The van der Waals surface area contributed by atoms with Crippen molar-refractivity contribution >= 4 is 6.16 Å². The van der Waals surface area contributed by atoms with Crippen molar-refractivity contribution in [3.05, 3.63) is 23.0 Å². The summed E-state index contributed by atoms with van der Waals surface area (Å²) in [4.78, 5) is 10.6. The molecule has 0 heterocycles. The Bertz CT molecular complexity index is 500. The van der Waals surface area contributed by atoms with Crippen LogP contribution in [0.15, 0.2) is 6.07 Å². The van der Waals surface area contributed by atoms with Crippen LogP contribution >= 0.6 is 0 Å². The van der Waals surface area contributed by atoms with E-state index in [4.69, 9.17) is 5.11 Å². The molecular formula is C17H25FO4. The first kappa shape index (κ1) is 18.3. The van der Waals surface area contributed by atoms with Crippen LogP contribution in [0.25, 0.3) is 0 Å². The average molecular weight is 312 g/mol. The molecular weight excluding hydrogens is 287 g/mol. The Balaban J connectivity index is 3.10. The summed E-state index contributed by atoms with van der Waals surface area (Å²) in [6.45, 7) is 4.13. The standard InChI is InChI=1S/C17H25FO4/c1-3-5-7-9-12-13(10-8-6-4-2)16(19)15(11-14(12)18)22-17(20)21/h11,19H,3-10H2,1-2H3,(H,20,21). The normalized spacial score (nSPS) is 10.7. The molecule has 1 rings (SSSR count). The molecule has 0 saturated carbocycles. The lowest BCUT2D eigenvalue weighted by Crippen LogP contribution is -2.07. The number of benzene rings is 1.